The van der Waals surface area contributed by atoms with E-state index in [1.54, 1.807) is 84.1 Å². The molecule has 1 N–H and O–H groups in total. The number of benzene rings is 2. The highest BCUT2D eigenvalue weighted by atomic mass is 16.7. The number of nitrogens with zero attached hydrogens (tertiary/aromatic N) is 2. The molecule has 2 atom stereocenters. The number of carbonyl (C=O) groups is 4. The molecule has 2 amide bonds. The molecule has 0 aromatic heterocycles. The fourth-order valence-corrected chi connectivity index (χ4v) is 7.41. The second-order valence-electron chi connectivity index (χ2n) is 16.5. The molecule has 11 heteroatoms. The van der Waals surface area contributed by atoms with Crippen molar-refractivity contribution in [2.24, 2.45) is 16.3 Å². The van der Waals surface area contributed by atoms with Crippen LogP contribution >= 0.6 is 0 Å². The van der Waals surface area contributed by atoms with E-state index in [1.165, 1.54) is 0 Å². The summed E-state index contributed by atoms with van der Waals surface area (Å²) in [4.78, 5) is 59.3. The Kier molecular flexibility index (Phi) is 9.90. The first kappa shape index (κ1) is 36.9. The molecule has 0 saturated heterocycles. The molecule has 276 valence electrons. The van der Waals surface area contributed by atoms with Crippen molar-refractivity contribution in [1.82, 2.24) is 10.2 Å². The van der Waals surface area contributed by atoms with E-state index in [4.69, 9.17) is 23.9 Å². The SMILES string of the molecule is CN1C=NC2(C1=O)c1cc(C#CC3CC3)ccc1CC21CCC(OC(=O)[C@H](Cc2ccc(OC(=O)OC(C)(C)C)cc2)NC(=O)OC(C)(C)C)CC1. The number of rotatable bonds is 6. The molecule has 11 nitrogen and oxygen atoms in total. The van der Waals surface area contributed by atoms with E-state index in [-0.39, 0.29) is 18.1 Å². The number of hydrogen-bond acceptors (Lipinski definition) is 9. The largest absolute Gasteiger partial charge is 0.514 e. The van der Waals surface area contributed by atoms with E-state index in [1.807, 2.05) is 6.07 Å². The first-order valence-corrected chi connectivity index (χ1v) is 18.1. The average molecular weight is 712 g/mol. The van der Waals surface area contributed by atoms with E-state index in [0.717, 1.165) is 29.5 Å². The van der Waals surface area contributed by atoms with Crippen LogP contribution in [0.1, 0.15) is 102 Å². The minimum atomic E-state index is -1.05. The van der Waals surface area contributed by atoms with Crippen LogP contribution in [0, 0.1) is 23.2 Å². The van der Waals surface area contributed by atoms with E-state index in [2.05, 4.69) is 29.3 Å². The van der Waals surface area contributed by atoms with E-state index < -0.39 is 52.5 Å². The number of likely N-dealkylation sites (N-methyl/N-ethyl adjacent to an activating group) is 1. The molecule has 2 aromatic carbocycles. The van der Waals surface area contributed by atoms with Gasteiger partial charge in [0.2, 0.25) is 0 Å². The lowest BCUT2D eigenvalue weighted by atomic mass is 9.61. The topological polar surface area (TPSA) is 133 Å². The third-order valence-electron chi connectivity index (χ3n) is 9.95. The molecular weight excluding hydrogens is 662 g/mol. The van der Waals surface area contributed by atoms with Crippen LogP contribution in [-0.2, 0) is 42.2 Å². The highest BCUT2D eigenvalue weighted by molar-refractivity contribution is 6.02. The molecule has 1 aliphatic heterocycles. The Labute approximate surface area is 305 Å². The molecule has 0 radical (unpaired) electrons. The molecular formula is C41H49N3O8. The summed E-state index contributed by atoms with van der Waals surface area (Å²) in [5.74, 6) is 6.76. The summed E-state index contributed by atoms with van der Waals surface area (Å²) >= 11 is 0. The molecule has 0 bridgehead atoms. The number of esters is 1. The molecule has 6 rings (SSSR count). The number of ether oxygens (including phenoxy) is 4. The van der Waals surface area contributed by atoms with Gasteiger partial charge in [-0.05, 0) is 127 Å². The number of nitrogens with one attached hydrogen (secondary N) is 1. The summed E-state index contributed by atoms with van der Waals surface area (Å²) in [5.41, 5.74) is 0.664. The smallest absolute Gasteiger partial charge is 0.461 e. The number of aliphatic imine (C=N–C) groups is 1. The molecule has 2 aromatic rings. The van der Waals surface area contributed by atoms with Crippen molar-refractivity contribution in [1.29, 1.82) is 0 Å². The zero-order valence-electron chi connectivity index (χ0n) is 31.2. The number of carbonyl (C=O) groups excluding carboxylic acids is 4. The third kappa shape index (κ3) is 8.11. The van der Waals surface area contributed by atoms with Gasteiger partial charge < -0.3 is 29.2 Å². The minimum absolute atomic E-state index is 0.0434. The summed E-state index contributed by atoms with van der Waals surface area (Å²) in [6.45, 7) is 10.5. The van der Waals surface area contributed by atoms with Crippen LogP contribution in [0.25, 0.3) is 0 Å². The molecule has 2 spiro atoms. The summed E-state index contributed by atoms with van der Waals surface area (Å²) in [6, 6.07) is 11.8. The maximum Gasteiger partial charge on any atom is 0.514 e. The van der Waals surface area contributed by atoms with Crippen LogP contribution in [0.3, 0.4) is 0 Å². The van der Waals surface area contributed by atoms with Crippen LogP contribution < -0.4 is 10.1 Å². The summed E-state index contributed by atoms with van der Waals surface area (Å²) in [6.07, 6.45) is 5.09. The van der Waals surface area contributed by atoms with Crippen molar-refractivity contribution < 1.29 is 38.1 Å². The van der Waals surface area contributed by atoms with Crippen molar-refractivity contribution in [3.63, 3.8) is 0 Å². The minimum Gasteiger partial charge on any atom is -0.461 e. The van der Waals surface area contributed by atoms with Gasteiger partial charge in [-0.25, -0.2) is 14.4 Å². The number of alkyl carbamates (subject to hydrolysis) is 1. The maximum absolute atomic E-state index is 14.0. The Morgan fingerprint density at radius 3 is 2.23 bits per heavy atom. The zero-order chi connectivity index (χ0) is 37.5. The average Bonchev–Trinajstić information content (AvgIpc) is 3.78. The van der Waals surface area contributed by atoms with Gasteiger partial charge in [-0.15, -0.1) is 0 Å². The zero-order valence-corrected chi connectivity index (χ0v) is 31.2. The van der Waals surface area contributed by atoms with Gasteiger partial charge in [0.25, 0.3) is 5.91 Å². The fraction of sp³-hybridized carbons (Fsp3) is 0.537. The van der Waals surface area contributed by atoms with Crippen molar-refractivity contribution in [2.75, 3.05) is 7.05 Å². The fourth-order valence-electron chi connectivity index (χ4n) is 7.41. The molecule has 1 unspecified atom stereocenters. The van der Waals surface area contributed by atoms with Crippen molar-refractivity contribution in [3.8, 4) is 17.6 Å². The first-order valence-electron chi connectivity index (χ1n) is 18.1. The normalized spacial score (nSPS) is 24.2. The quantitative estimate of drug-likeness (QED) is 0.153. The molecule has 2 saturated carbocycles. The van der Waals surface area contributed by atoms with Crippen LogP contribution in [0.15, 0.2) is 47.5 Å². The summed E-state index contributed by atoms with van der Waals surface area (Å²) in [7, 11) is 1.75. The summed E-state index contributed by atoms with van der Waals surface area (Å²) in [5, 5.41) is 2.70. The van der Waals surface area contributed by atoms with Crippen LogP contribution in [-0.4, -0.2) is 65.8 Å². The monoisotopic (exact) mass is 711 g/mol. The Balaban J connectivity index is 1.15. The molecule has 4 aliphatic rings. The molecule has 3 aliphatic carbocycles. The molecule has 52 heavy (non-hydrogen) atoms. The van der Waals surface area contributed by atoms with Gasteiger partial charge in [-0.2, -0.15) is 0 Å². The molecule has 2 fully saturated rings. The second kappa shape index (κ2) is 13.9. The van der Waals surface area contributed by atoms with Gasteiger partial charge in [0.05, 0.1) is 6.34 Å². The van der Waals surface area contributed by atoms with Crippen LogP contribution in [0.2, 0.25) is 0 Å². The Hall–Kier alpha value is -4.85. The number of fused-ring (bicyclic) bond motifs is 3. The predicted molar refractivity (Wildman–Crippen MR) is 194 cm³/mol. The Bertz CT molecular complexity index is 1810. The van der Waals surface area contributed by atoms with Gasteiger partial charge in [0, 0.05) is 30.4 Å². The van der Waals surface area contributed by atoms with Crippen molar-refractivity contribution in [2.45, 2.75) is 122 Å². The second-order valence-corrected chi connectivity index (χ2v) is 16.5. The Morgan fingerprint density at radius 1 is 0.962 bits per heavy atom. The number of hydrogen-bond donors (Lipinski definition) is 1. The maximum atomic E-state index is 14.0. The number of amides is 2. The van der Waals surface area contributed by atoms with E-state index in [0.29, 0.717) is 43.6 Å². The van der Waals surface area contributed by atoms with Gasteiger partial charge in [0.1, 0.15) is 29.1 Å². The summed E-state index contributed by atoms with van der Waals surface area (Å²) < 4.78 is 22.0. The lowest BCUT2D eigenvalue weighted by Crippen LogP contribution is -2.51. The third-order valence-corrected chi connectivity index (χ3v) is 9.95. The highest BCUT2D eigenvalue weighted by Gasteiger charge is 2.65. The highest BCUT2D eigenvalue weighted by Crippen LogP contribution is 2.61. The van der Waals surface area contributed by atoms with Gasteiger partial charge in [-0.1, -0.05) is 30.0 Å². The van der Waals surface area contributed by atoms with Gasteiger partial charge in [0.15, 0.2) is 5.54 Å². The van der Waals surface area contributed by atoms with Crippen molar-refractivity contribution >= 4 is 30.5 Å². The lowest BCUT2D eigenvalue weighted by Gasteiger charge is -2.45. The van der Waals surface area contributed by atoms with Gasteiger partial charge >= 0.3 is 18.2 Å². The predicted octanol–water partition coefficient (Wildman–Crippen LogP) is 6.62. The lowest BCUT2D eigenvalue weighted by molar-refractivity contribution is -0.156. The van der Waals surface area contributed by atoms with Gasteiger partial charge in [-0.3, -0.25) is 9.79 Å². The Morgan fingerprint density at radius 2 is 1.63 bits per heavy atom. The van der Waals surface area contributed by atoms with Crippen LogP contribution in [0.5, 0.6) is 5.75 Å². The first-order chi connectivity index (χ1) is 24.4. The van der Waals surface area contributed by atoms with Crippen molar-refractivity contribution in [3.05, 3.63) is 64.7 Å². The van der Waals surface area contributed by atoms with Crippen LogP contribution in [0.4, 0.5) is 9.59 Å². The standard InChI is InChI=1S/C41H49N3O8/c1-38(2,3)51-36(47)43-33(23-28-13-16-30(17-14-28)50-37(48)52-39(4,5)6)34(45)49-31-18-20-40(21-19-31)24-29-15-12-27(11-10-26-8-9-26)22-32(29)41(40)35(46)44(7)25-42-41/h12-17,22,25-26,31,33H,8-9,18-21,23-24H2,1-7H3,(H,43,47)/t31?,33-,40?,41?/m0/s1. The van der Waals surface area contributed by atoms with E-state index >= 15 is 0 Å². The van der Waals surface area contributed by atoms with E-state index in [9.17, 15) is 19.2 Å². The molecule has 1 heterocycles.